The van der Waals surface area contributed by atoms with E-state index in [2.05, 4.69) is 20.9 Å². The van der Waals surface area contributed by atoms with Gasteiger partial charge in [0, 0.05) is 13.0 Å². The summed E-state index contributed by atoms with van der Waals surface area (Å²) >= 11 is 0. The third-order valence-electron chi connectivity index (χ3n) is 5.12. The molecule has 0 saturated carbocycles. The summed E-state index contributed by atoms with van der Waals surface area (Å²) in [7, 11) is 0. The standard InChI is InChI=1S/C22H33N7O9/c23-13(2-1-7-26-22(24)25)18(34)27-15(9-17(32)33)20(36)28-14(8-11-3-5-12(31)6-4-11)19(35)29-16(10-30)21(37)38/h3-6,13-16,30-31H,1-2,7-10,23H2,(H,27,34)(H,28,36)(H,29,35)(H,32,33)(H,37,38)(H4,24,25,26). The molecular weight excluding hydrogens is 506 g/mol. The molecule has 0 aliphatic rings. The van der Waals surface area contributed by atoms with E-state index in [-0.39, 0.29) is 31.1 Å². The minimum Gasteiger partial charge on any atom is -0.508 e. The van der Waals surface area contributed by atoms with E-state index >= 15 is 0 Å². The van der Waals surface area contributed by atoms with Crippen LogP contribution in [0.5, 0.6) is 5.75 Å². The molecular formula is C22H33N7O9. The molecule has 1 aromatic carbocycles. The second-order valence-electron chi connectivity index (χ2n) is 8.23. The number of carbonyl (C=O) groups is 5. The number of nitrogens with zero attached hydrogens (tertiary/aromatic N) is 1. The summed E-state index contributed by atoms with van der Waals surface area (Å²) in [6, 6.07) is -0.336. The van der Waals surface area contributed by atoms with E-state index < -0.39 is 66.9 Å². The van der Waals surface area contributed by atoms with Crippen molar-refractivity contribution in [1.29, 1.82) is 0 Å². The number of carbonyl (C=O) groups excluding carboxylic acids is 3. The molecule has 0 spiro atoms. The van der Waals surface area contributed by atoms with Crippen molar-refractivity contribution in [3.63, 3.8) is 0 Å². The van der Waals surface area contributed by atoms with E-state index in [1.807, 2.05) is 0 Å². The van der Waals surface area contributed by atoms with Crippen LogP contribution in [0.15, 0.2) is 29.3 Å². The van der Waals surface area contributed by atoms with Crippen molar-refractivity contribution in [2.24, 2.45) is 22.2 Å². The fourth-order valence-corrected chi connectivity index (χ4v) is 3.12. The number of nitrogens with one attached hydrogen (secondary N) is 3. The van der Waals surface area contributed by atoms with Crippen LogP contribution in [0.2, 0.25) is 0 Å². The Morgan fingerprint density at radius 3 is 1.95 bits per heavy atom. The third-order valence-corrected chi connectivity index (χ3v) is 5.12. The summed E-state index contributed by atoms with van der Waals surface area (Å²) in [4.78, 5) is 64.5. The Bertz CT molecular complexity index is 1010. The highest BCUT2D eigenvalue weighted by atomic mass is 16.4. The number of hydrogen-bond acceptors (Lipinski definition) is 9. The molecule has 0 heterocycles. The number of carboxylic acids is 2. The number of aliphatic hydroxyl groups is 1. The molecule has 0 saturated heterocycles. The Hall–Kier alpha value is -4.44. The van der Waals surface area contributed by atoms with Gasteiger partial charge in [-0.3, -0.25) is 24.2 Å². The number of aromatic hydroxyl groups is 1. The lowest BCUT2D eigenvalue weighted by molar-refractivity contribution is -0.144. The van der Waals surface area contributed by atoms with E-state index in [1.165, 1.54) is 24.3 Å². The summed E-state index contributed by atoms with van der Waals surface area (Å²) in [5, 5.41) is 43.7. The zero-order chi connectivity index (χ0) is 28.8. The van der Waals surface area contributed by atoms with Gasteiger partial charge < -0.3 is 53.6 Å². The predicted octanol–water partition coefficient (Wildman–Crippen LogP) is -3.68. The topological polar surface area (TPSA) is 293 Å². The molecule has 4 atom stereocenters. The van der Waals surface area contributed by atoms with Crippen LogP contribution in [0.3, 0.4) is 0 Å². The molecule has 0 fully saturated rings. The van der Waals surface area contributed by atoms with Crippen molar-refractivity contribution in [3.05, 3.63) is 29.8 Å². The Kier molecular flexibility index (Phi) is 13.0. The van der Waals surface area contributed by atoms with E-state index in [0.717, 1.165) is 0 Å². The number of amides is 3. The van der Waals surface area contributed by atoms with Crippen LogP contribution in [0.25, 0.3) is 0 Å². The molecule has 0 bridgehead atoms. The van der Waals surface area contributed by atoms with E-state index in [4.69, 9.17) is 22.3 Å². The molecule has 4 unspecified atom stereocenters. The van der Waals surface area contributed by atoms with Gasteiger partial charge in [-0.1, -0.05) is 12.1 Å². The van der Waals surface area contributed by atoms with E-state index in [9.17, 15) is 39.3 Å². The third kappa shape index (κ3) is 11.5. The molecule has 13 N–H and O–H groups in total. The summed E-state index contributed by atoms with van der Waals surface area (Å²) < 4.78 is 0. The first kappa shape index (κ1) is 31.6. The van der Waals surface area contributed by atoms with Crippen LogP contribution in [0, 0.1) is 0 Å². The van der Waals surface area contributed by atoms with Crippen molar-refractivity contribution in [1.82, 2.24) is 16.0 Å². The largest absolute Gasteiger partial charge is 0.508 e. The van der Waals surface area contributed by atoms with Crippen molar-refractivity contribution < 1.29 is 44.4 Å². The molecule has 0 radical (unpaired) electrons. The summed E-state index contributed by atoms with van der Waals surface area (Å²) in [6.45, 7) is -0.735. The van der Waals surface area contributed by atoms with Gasteiger partial charge in [0.05, 0.1) is 19.1 Å². The van der Waals surface area contributed by atoms with E-state index in [1.54, 1.807) is 0 Å². The first-order chi connectivity index (χ1) is 17.8. The lowest BCUT2D eigenvalue weighted by Crippen LogP contribution is -2.58. The molecule has 1 rings (SSSR count). The number of phenolic OH excluding ortho intramolecular Hbond substituents is 1. The fourth-order valence-electron chi connectivity index (χ4n) is 3.12. The monoisotopic (exact) mass is 539 g/mol. The summed E-state index contributed by atoms with van der Waals surface area (Å²) in [5.74, 6) is -6.04. The first-order valence-electron chi connectivity index (χ1n) is 11.4. The number of hydrogen-bond donors (Lipinski definition) is 10. The van der Waals surface area contributed by atoms with Crippen LogP contribution >= 0.6 is 0 Å². The Morgan fingerprint density at radius 2 is 1.42 bits per heavy atom. The number of aliphatic carboxylic acids is 2. The Balaban J connectivity index is 3.04. The Labute approximate surface area is 217 Å². The quantitative estimate of drug-likeness (QED) is 0.0552. The highest BCUT2D eigenvalue weighted by Gasteiger charge is 2.31. The second kappa shape index (κ2) is 15.6. The highest BCUT2D eigenvalue weighted by molar-refractivity contribution is 5.95. The summed E-state index contributed by atoms with van der Waals surface area (Å²) in [6.07, 6.45) is -0.603. The zero-order valence-electron chi connectivity index (χ0n) is 20.4. The lowest BCUT2D eigenvalue weighted by Gasteiger charge is -2.24. The predicted molar refractivity (Wildman–Crippen MR) is 132 cm³/mol. The number of rotatable bonds is 16. The number of guanidine groups is 1. The van der Waals surface area contributed by atoms with Crippen LogP contribution in [0.4, 0.5) is 0 Å². The molecule has 0 aliphatic heterocycles. The maximum atomic E-state index is 13.0. The molecule has 38 heavy (non-hydrogen) atoms. The van der Waals surface area contributed by atoms with Crippen LogP contribution in [-0.2, 0) is 30.4 Å². The second-order valence-corrected chi connectivity index (χ2v) is 8.23. The van der Waals surface area contributed by atoms with Gasteiger partial charge in [-0.15, -0.1) is 0 Å². The fraction of sp³-hybridized carbons (Fsp3) is 0.455. The average Bonchev–Trinajstić information content (AvgIpc) is 2.84. The SMILES string of the molecule is NC(N)=NCCCC(N)C(=O)NC(CC(=O)O)C(=O)NC(Cc1ccc(O)cc1)C(=O)NC(CO)C(=O)O. The lowest BCUT2D eigenvalue weighted by atomic mass is 10.0. The van der Waals surface area contributed by atoms with E-state index in [0.29, 0.717) is 12.0 Å². The van der Waals surface area contributed by atoms with Crippen molar-refractivity contribution in [2.45, 2.75) is 49.9 Å². The Morgan fingerprint density at radius 1 is 0.868 bits per heavy atom. The first-order valence-corrected chi connectivity index (χ1v) is 11.4. The van der Waals surface area contributed by atoms with Gasteiger partial charge in [-0.2, -0.15) is 0 Å². The maximum absolute atomic E-state index is 13.0. The van der Waals surface area contributed by atoms with Gasteiger partial charge in [0.2, 0.25) is 17.7 Å². The van der Waals surface area contributed by atoms with Crippen LogP contribution < -0.4 is 33.2 Å². The maximum Gasteiger partial charge on any atom is 0.328 e. The molecule has 1 aromatic rings. The minimum atomic E-state index is -1.67. The number of benzene rings is 1. The van der Waals surface area contributed by atoms with Crippen LogP contribution in [-0.4, -0.2) is 93.4 Å². The number of nitrogens with two attached hydrogens (primary N) is 3. The van der Waals surface area contributed by atoms with Gasteiger partial charge >= 0.3 is 11.9 Å². The molecule has 0 aliphatic carbocycles. The number of aliphatic hydroxyl groups excluding tert-OH is 1. The molecule has 3 amide bonds. The molecule has 210 valence electrons. The zero-order valence-corrected chi connectivity index (χ0v) is 20.4. The van der Waals surface area contributed by atoms with Crippen molar-refractivity contribution >= 4 is 35.6 Å². The van der Waals surface area contributed by atoms with Gasteiger partial charge in [-0.05, 0) is 30.5 Å². The molecule has 16 heteroatoms. The highest BCUT2D eigenvalue weighted by Crippen LogP contribution is 2.12. The number of phenols is 1. The normalized spacial score (nSPS) is 13.7. The molecule has 16 nitrogen and oxygen atoms in total. The molecule has 0 aromatic heterocycles. The smallest absolute Gasteiger partial charge is 0.328 e. The summed E-state index contributed by atoms with van der Waals surface area (Å²) in [5.41, 5.74) is 16.7. The van der Waals surface area contributed by atoms with Gasteiger partial charge in [0.1, 0.15) is 23.9 Å². The van der Waals surface area contributed by atoms with Crippen LogP contribution in [0.1, 0.15) is 24.8 Å². The van der Waals surface area contributed by atoms with Gasteiger partial charge in [-0.25, -0.2) is 4.79 Å². The van der Waals surface area contributed by atoms with Crippen molar-refractivity contribution in [3.8, 4) is 5.75 Å². The van der Waals surface area contributed by atoms with Gasteiger partial charge in [0.25, 0.3) is 0 Å². The van der Waals surface area contributed by atoms with Gasteiger partial charge in [0.15, 0.2) is 5.96 Å². The average molecular weight is 540 g/mol. The number of carboxylic acid groups (broad SMARTS) is 2. The van der Waals surface area contributed by atoms with Crippen molar-refractivity contribution in [2.75, 3.05) is 13.2 Å². The minimum absolute atomic E-state index is 0.0659. The number of aliphatic imine (C=N–C) groups is 1.